The molecule has 5 heterocycles. The van der Waals surface area contributed by atoms with Gasteiger partial charge in [-0.1, -0.05) is 58.0 Å². The molecule has 11 heteroatoms. The molecule has 0 aliphatic carbocycles. The number of Topliss-reactive ketones (excluding diaryl/α,β-unsaturated/α-hetero) is 1. The summed E-state index contributed by atoms with van der Waals surface area (Å²) in [5.74, 6) is 1.06. The van der Waals surface area contributed by atoms with Gasteiger partial charge in [0.05, 0.1) is 13.3 Å². The number of benzene rings is 3. The minimum Gasteiger partial charge on any atom is -0.497 e. The van der Waals surface area contributed by atoms with Gasteiger partial charge in [-0.3, -0.25) is 9.59 Å². The van der Waals surface area contributed by atoms with Crippen LogP contribution in [0, 0.1) is 17.8 Å². The summed E-state index contributed by atoms with van der Waals surface area (Å²) in [7, 11) is 1.62. The zero-order valence-corrected chi connectivity index (χ0v) is 29.1. The smallest absolute Gasteiger partial charge is 0.249 e. The summed E-state index contributed by atoms with van der Waals surface area (Å²) in [6.07, 6.45) is 0.0590. The first-order chi connectivity index (χ1) is 24.6. The summed E-state index contributed by atoms with van der Waals surface area (Å²) in [6.45, 7) is 7.52. The van der Waals surface area contributed by atoms with Crippen molar-refractivity contribution >= 4 is 17.4 Å². The Bertz CT molecular complexity index is 2130. The van der Waals surface area contributed by atoms with Crippen LogP contribution in [-0.2, 0) is 21.4 Å². The lowest BCUT2D eigenvalue weighted by molar-refractivity contribution is -0.135. The minimum atomic E-state index is -1.17. The number of amides is 1. The molecule has 51 heavy (non-hydrogen) atoms. The number of fused-ring (bicyclic) bond motifs is 4. The summed E-state index contributed by atoms with van der Waals surface area (Å²) >= 11 is 0. The van der Waals surface area contributed by atoms with Gasteiger partial charge in [-0.2, -0.15) is 0 Å². The number of para-hydroxylation sites is 1. The molecule has 8 rings (SSSR count). The number of hydrogen-bond acceptors (Lipinski definition) is 10. The average molecular weight is 689 g/mol. The van der Waals surface area contributed by atoms with Crippen molar-refractivity contribution in [1.29, 1.82) is 0 Å². The Morgan fingerprint density at radius 3 is 2.55 bits per heavy atom. The molecule has 3 N–H and O–H groups in total. The predicted molar refractivity (Wildman–Crippen MR) is 188 cm³/mol. The number of carbonyl (C=O) groups is 2. The van der Waals surface area contributed by atoms with E-state index in [2.05, 4.69) is 16.7 Å². The van der Waals surface area contributed by atoms with Gasteiger partial charge in [-0.25, -0.2) is 9.97 Å². The van der Waals surface area contributed by atoms with Crippen molar-refractivity contribution < 1.29 is 33.0 Å². The number of carbonyl (C=O) groups excluding carboxylic acids is 2. The fourth-order valence-corrected chi connectivity index (χ4v) is 7.57. The molecule has 0 saturated heterocycles. The monoisotopic (exact) mass is 688 g/mol. The van der Waals surface area contributed by atoms with Crippen LogP contribution in [-0.4, -0.2) is 46.2 Å². The van der Waals surface area contributed by atoms with E-state index >= 15 is 0 Å². The van der Waals surface area contributed by atoms with Crippen LogP contribution in [0.4, 0.5) is 5.69 Å². The molecule has 0 radical (unpaired) electrons. The maximum atomic E-state index is 14.1. The highest BCUT2D eigenvalue weighted by molar-refractivity contribution is 5.89. The number of rotatable bonds is 8. The average Bonchev–Trinajstić information content (AvgIpc) is 3.91. The van der Waals surface area contributed by atoms with Crippen molar-refractivity contribution in [2.24, 2.45) is 17.8 Å². The van der Waals surface area contributed by atoms with Gasteiger partial charge in [0.2, 0.25) is 17.7 Å². The van der Waals surface area contributed by atoms with E-state index in [1.54, 1.807) is 27.2 Å². The van der Waals surface area contributed by atoms with E-state index in [1.807, 2.05) is 74.5 Å². The van der Waals surface area contributed by atoms with E-state index in [-0.39, 0.29) is 48.1 Å². The van der Waals surface area contributed by atoms with Crippen molar-refractivity contribution in [3.8, 4) is 34.4 Å². The second-order valence-electron chi connectivity index (χ2n) is 14.3. The lowest BCUT2D eigenvalue weighted by Gasteiger charge is -2.28. The van der Waals surface area contributed by atoms with Crippen LogP contribution in [0.3, 0.4) is 0 Å². The maximum Gasteiger partial charge on any atom is 0.249 e. The SMILES string of the molecule is COc1ccc(-c2cnc(-c3nc4oc3C35c6ccccc6N[C@H]3Oc3ccc(cc35)C[C@H](CC(=O)[C@@H](O)C(C)C)C(=O)N[C@H]4C(C)C)o2)cc1. The number of aliphatic hydroxyl groups excluding tert-OH is 1. The highest BCUT2D eigenvalue weighted by Gasteiger charge is 2.61. The molecule has 1 unspecified atom stereocenters. The number of hydrogen-bond donors (Lipinski definition) is 3. The molecule has 5 atom stereocenters. The first kappa shape index (κ1) is 32.8. The Morgan fingerprint density at radius 2 is 1.80 bits per heavy atom. The van der Waals surface area contributed by atoms with Crippen LogP contribution in [0.1, 0.15) is 68.5 Å². The fourth-order valence-electron chi connectivity index (χ4n) is 7.57. The van der Waals surface area contributed by atoms with Crippen LogP contribution in [0.15, 0.2) is 81.8 Å². The van der Waals surface area contributed by atoms with Gasteiger partial charge in [-0.15, -0.1) is 0 Å². The van der Waals surface area contributed by atoms with Crippen molar-refractivity contribution in [3.63, 3.8) is 0 Å². The Kier molecular flexibility index (Phi) is 7.98. The number of aromatic nitrogens is 2. The molecule has 3 aliphatic rings. The van der Waals surface area contributed by atoms with Gasteiger partial charge in [0, 0.05) is 29.2 Å². The van der Waals surface area contributed by atoms with Crippen LogP contribution >= 0.6 is 0 Å². The molecule has 5 aromatic rings. The number of oxazole rings is 2. The quantitative estimate of drug-likeness (QED) is 0.166. The van der Waals surface area contributed by atoms with Crippen molar-refractivity contribution in [2.45, 2.75) is 64.3 Å². The number of anilines is 1. The van der Waals surface area contributed by atoms with Crippen molar-refractivity contribution in [1.82, 2.24) is 15.3 Å². The zero-order chi connectivity index (χ0) is 35.6. The molecular formula is C40H40N4O7. The Hall–Kier alpha value is -5.42. The number of nitrogens with zero attached hydrogens (tertiary/aromatic N) is 2. The number of nitrogens with one attached hydrogen (secondary N) is 2. The lowest BCUT2D eigenvalue weighted by atomic mass is 9.72. The summed E-state index contributed by atoms with van der Waals surface area (Å²) < 4.78 is 25.4. The van der Waals surface area contributed by atoms with Gasteiger partial charge >= 0.3 is 0 Å². The Balaban J connectivity index is 1.34. The number of methoxy groups -OCH3 is 1. The topological polar surface area (TPSA) is 149 Å². The fraction of sp³-hybridized carbons (Fsp3) is 0.350. The van der Waals surface area contributed by atoms with Crippen molar-refractivity contribution in [3.05, 3.63) is 101 Å². The normalized spacial score (nSPS) is 22.3. The summed E-state index contributed by atoms with van der Waals surface area (Å²) in [5, 5.41) is 17.4. The van der Waals surface area contributed by atoms with Gasteiger partial charge in [0.1, 0.15) is 29.1 Å². The Morgan fingerprint density at radius 1 is 1.02 bits per heavy atom. The second kappa shape index (κ2) is 12.4. The highest BCUT2D eigenvalue weighted by Crippen LogP contribution is 2.59. The van der Waals surface area contributed by atoms with Gasteiger partial charge in [0.15, 0.2) is 29.2 Å². The van der Waals surface area contributed by atoms with Crippen LogP contribution in [0.25, 0.3) is 22.9 Å². The molecule has 1 amide bonds. The Labute approximate surface area is 295 Å². The van der Waals surface area contributed by atoms with E-state index in [0.29, 0.717) is 23.0 Å². The van der Waals surface area contributed by atoms with E-state index < -0.39 is 29.7 Å². The molecule has 0 saturated carbocycles. The molecule has 11 nitrogen and oxygen atoms in total. The third-order valence-electron chi connectivity index (χ3n) is 10.3. The third kappa shape index (κ3) is 5.29. The number of ether oxygens (including phenoxy) is 2. The summed E-state index contributed by atoms with van der Waals surface area (Å²) in [6, 6.07) is 20.7. The maximum absolute atomic E-state index is 14.1. The molecule has 0 fully saturated rings. The molecule has 262 valence electrons. The molecule has 3 aromatic carbocycles. The first-order valence-electron chi connectivity index (χ1n) is 17.4. The summed E-state index contributed by atoms with van der Waals surface area (Å²) in [5.41, 5.74) is 3.69. The number of aliphatic hydroxyl groups is 1. The second-order valence-corrected chi connectivity index (χ2v) is 14.3. The van der Waals surface area contributed by atoms with E-state index in [0.717, 1.165) is 33.7 Å². The van der Waals surface area contributed by atoms with E-state index in [9.17, 15) is 14.7 Å². The number of ketones is 1. The zero-order valence-electron chi connectivity index (χ0n) is 29.1. The third-order valence-corrected chi connectivity index (χ3v) is 10.3. The van der Waals surface area contributed by atoms with Gasteiger partial charge in [0.25, 0.3) is 0 Å². The predicted octanol–water partition coefficient (Wildman–Crippen LogP) is 6.45. The van der Waals surface area contributed by atoms with Crippen LogP contribution in [0.2, 0.25) is 0 Å². The summed E-state index contributed by atoms with van der Waals surface area (Å²) in [4.78, 5) is 37.2. The molecule has 4 bridgehead atoms. The first-order valence-corrected chi connectivity index (χ1v) is 17.4. The largest absolute Gasteiger partial charge is 0.497 e. The lowest BCUT2D eigenvalue weighted by Crippen LogP contribution is -2.41. The molecular weight excluding hydrogens is 648 g/mol. The highest BCUT2D eigenvalue weighted by atomic mass is 16.5. The van der Waals surface area contributed by atoms with Gasteiger partial charge in [-0.05, 0) is 65.8 Å². The van der Waals surface area contributed by atoms with Crippen LogP contribution < -0.4 is 20.1 Å². The van der Waals surface area contributed by atoms with E-state index in [4.69, 9.17) is 28.3 Å². The molecule has 2 aromatic heterocycles. The van der Waals surface area contributed by atoms with E-state index in [1.165, 1.54) is 0 Å². The molecule has 3 aliphatic heterocycles. The standard InChI is InChI=1S/C40H40N4O7/c1-20(2)32-38-44-33(37-41-19-31(49-37)23-11-13-25(48-5)14-12-23)35(51-38)40-26-8-6-7-9-28(26)42-39(40)50-30-15-10-22(17-27(30)40)16-24(36(47)43-32)18-29(45)34(46)21(3)4/h6-15,17,19-21,24,32,34,39,42,46H,16,18H2,1-5H3,(H,43,47)/t24-,32+,34+,39+,40?/m1/s1. The minimum absolute atomic E-state index is 0.117. The van der Waals surface area contributed by atoms with Gasteiger partial charge < -0.3 is 34.0 Å². The molecule has 1 spiro atoms. The van der Waals surface area contributed by atoms with Crippen LogP contribution in [0.5, 0.6) is 11.5 Å². The van der Waals surface area contributed by atoms with Crippen molar-refractivity contribution in [2.75, 3.05) is 12.4 Å².